The van der Waals surface area contributed by atoms with Crippen LogP contribution >= 0.6 is 11.6 Å². The lowest BCUT2D eigenvalue weighted by Crippen LogP contribution is -2.42. The predicted octanol–water partition coefficient (Wildman–Crippen LogP) is 4.31. The Kier molecular flexibility index (Phi) is 5.57. The van der Waals surface area contributed by atoms with Gasteiger partial charge in [0.15, 0.2) is 0 Å². The summed E-state index contributed by atoms with van der Waals surface area (Å²) in [5.41, 5.74) is 2.44. The van der Waals surface area contributed by atoms with E-state index in [0.717, 1.165) is 24.9 Å². The number of hydrogen-bond donors (Lipinski definition) is 1. The van der Waals surface area contributed by atoms with Crippen molar-refractivity contribution in [3.8, 4) is 0 Å². The van der Waals surface area contributed by atoms with Crippen LogP contribution in [0.25, 0.3) is 0 Å². The molecule has 1 unspecified atom stereocenters. The van der Waals surface area contributed by atoms with Crippen molar-refractivity contribution in [1.82, 2.24) is 9.88 Å². The summed E-state index contributed by atoms with van der Waals surface area (Å²) >= 11 is 5.97. The molecule has 0 spiro atoms. The molecule has 1 N–H and O–H groups in total. The van der Waals surface area contributed by atoms with Gasteiger partial charge in [-0.25, -0.2) is 4.98 Å². The van der Waals surface area contributed by atoms with Gasteiger partial charge in [-0.1, -0.05) is 11.6 Å². The maximum atomic E-state index is 12.8. The second-order valence-electron chi connectivity index (χ2n) is 6.67. The molecule has 3 rings (SSSR count). The number of nitrogens with zero attached hydrogens (tertiary/aromatic N) is 2. The van der Waals surface area contributed by atoms with Crippen molar-refractivity contribution in [2.45, 2.75) is 39.2 Å². The van der Waals surface area contributed by atoms with Gasteiger partial charge in [0.2, 0.25) is 0 Å². The highest BCUT2D eigenvalue weighted by Gasteiger charge is 2.24. The normalized spacial score (nSPS) is 17.0. The number of rotatable bonds is 3. The number of benzene rings is 1. The third-order valence-electron chi connectivity index (χ3n) is 4.79. The molecule has 0 bridgehead atoms. The molecule has 1 aromatic carbocycles. The zero-order valence-electron chi connectivity index (χ0n) is 15.0. The van der Waals surface area contributed by atoms with Crippen LogP contribution in [0.5, 0.6) is 0 Å². The highest BCUT2D eigenvalue weighted by atomic mass is 35.5. The summed E-state index contributed by atoms with van der Waals surface area (Å²) in [6.45, 7) is 4.77. The fourth-order valence-electron chi connectivity index (χ4n) is 3.25. The second-order valence-corrected chi connectivity index (χ2v) is 7.03. The maximum absolute atomic E-state index is 12.8. The molecule has 2 amide bonds. The van der Waals surface area contributed by atoms with E-state index in [0.29, 0.717) is 16.8 Å². The van der Waals surface area contributed by atoms with E-state index in [1.54, 1.807) is 24.3 Å². The molecule has 1 atom stereocenters. The first-order valence-corrected chi connectivity index (χ1v) is 9.18. The van der Waals surface area contributed by atoms with Gasteiger partial charge in [0.05, 0.1) is 5.56 Å². The lowest BCUT2D eigenvalue weighted by molar-refractivity contribution is 0.0635. The van der Waals surface area contributed by atoms with Gasteiger partial charge in [0, 0.05) is 30.0 Å². The van der Waals surface area contributed by atoms with E-state index >= 15 is 0 Å². The van der Waals surface area contributed by atoms with E-state index in [4.69, 9.17) is 11.6 Å². The van der Waals surface area contributed by atoms with E-state index in [-0.39, 0.29) is 23.0 Å². The van der Waals surface area contributed by atoms with Crippen LogP contribution in [0.2, 0.25) is 5.15 Å². The van der Waals surface area contributed by atoms with Gasteiger partial charge in [-0.3, -0.25) is 9.59 Å². The number of carbonyl (C=O) groups excluding carboxylic acids is 2. The van der Waals surface area contributed by atoms with Gasteiger partial charge in [0.1, 0.15) is 5.15 Å². The van der Waals surface area contributed by atoms with E-state index in [1.165, 1.54) is 12.6 Å². The summed E-state index contributed by atoms with van der Waals surface area (Å²) in [5, 5.41) is 2.99. The first kappa shape index (κ1) is 18.4. The first-order chi connectivity index (χ1) is 12.5. The summed E-state index contributed by atoms with van der Waals surface area (Å²) in [6, 6.07) is 8.90. The summed E-state index contributed by atoms with van der Waals surface area (Å²) in [6.07, 6.45) is 4.80. The number of hydrogen-bond acceptors (Lipinski definition) is 3. The number of aryl methyl sites for hydroxylation is 1. The molecular formula is C20H22ClN3O2. The van der Waals surface area contributed by atoms with E-state index in [1.807, 2.05) is 17.9 Å². The van der Waals surface area contributed by atoms with Crippen LogP contribution in [0, 0.1) is 6.92 Å². The quantitative estimate of drug-likeness (QED) is 0.818. The molecule has 1 aliphatic rings. The number of anilines is 1. The van der Waals surface area contributed by atoms with Gasteiger partial charge < -0.3 is 10.2 Å². The third kappa shape index (κ3) is 3.88. The molecule has 136 valence electrons. The summed E-state index contributed by atoms with van der Waals surface area (Å²) in [4.78, 5) is 31.0. The first-order valence-electron chi connectivity index (χ1n) is 8.81. The molecule has 1 saturated heterocycles. The Bertz CT molecular complexity index is 838. The van der Waals surface area contributed by atoms with E-state index < -0.39 is 0 Å². The zero-order chi connectivity index (χ0) is 18.7. The Morgan fingerprint density at radius 1 is 1.27 bits per heavy atom. The lowest BCUT2D eigenvalue weighted by atomic mass is 10.0. The van der Waals surface area contributed by atoms with Crippen LogP contribution in [0.15, 0.2) is 36.5 Å². The summed E-state index contributed by atoms with van der Waals surface area (Å²) in [5.74, 6) is -0.275. The molecular weight excluding hydrogens is 350 g/mol. The predicted molar refractivity (Wildman–Crippen MR) is 103 cm³/mol. The molecule has 0 aliphatic carbocycles. The molecule has 1 fully saturated rings. The van der Waals surface area contributed by atoms with Gasteiger partial charge in [-0.05, 0) is 69.0 Å². The van der Waals surface area contributed by atoms with Crippen molar-refractivity contribution in [1.29, 1.82) is 0 Å². The maximum Gasteiger partial charge on any atom is 0.258 e. The Balaban J connectivity index is 1.76. The fourth-order valence-corrected chi connectivity index (χ4v) is 3.45. The number of carbonyl (C=O) groups is 2. The smallest absolute Gasteiger partial charge is 0.258 e. The minimum Gasteiger partial charge on any atom is -0.336 e. The Hall–Kier alpha value is -2.40. The Labute approximate surface area is 158 Å². The van der Waals surface area contributed by atoms with Crippen LogP contribution < -0.4 is 5.32 Å². The molecule has 6 heteroatoms. The van der Waals surface area contributed by atoms with Gasteiger partial charge >= 0.3 is 0 Å². The van der Waals surface area contributed by atoms with Crippen molar-refractivity contribution in [3.63, 3.8) is 0 Å². The highest BCUT2D eigenvalue weighted by Crippen LogP contribution is 2.23. The molecule has 5 nitrogen and oxygen atoms in total. The average Bonchev–Trinajstić information content (AvgIpc) is 2.63. The monoisotopic (exact) mass is 371 g/mol. The van der Waals surface area contributed by atoms with E-state index in [2.05, 4.69) is 17.2 Å². The van der Waals surface area contributed by atoms with Crippen LogP contribution in [0.1, 0.15) is 52.5 Å². The Morgan fingerprint density at radius 2 is 2.08 bits per heavy atom. The number of aromatic nitrogens is 1. The molecule has 1 aromatic heterocycles. The van der Waals surface area contributed by atoms with Crippen LogP contribution in [0.3, 0.4) is 0 Å². The van der Waals surface area contributed by atoms with Crippen LogP contribution in [-0.4, -0.2) is 34.3 Å². The van der Waals surface area contributed by atoms with Crippen LogP contribution in [0.4, 0.5) is 5.69 Å². The number of amides is 2. The van der Waals surface area contributed by atoms with Crippen LogP contribution in [-0.2, 0) is 0 Å². The van der Waals surface area contributed by atoms with E-state index in [9.17, 15) is 9.59 Å². The van der Waals surface area contributed by atoms with Crippen molar-refractivity contribution in [2.24, 2.45) is 0 Å². The minimum atomic E-state index is -0.324. The molecule has 1 aliphatic heterocycles. The molecule has 2 aromatic rings. The zero-order valence-corrected chi connectivity index (χ0v) is 15.7. The molecule has 2 heterocycles. The Morgan fingerprint density at radius 3 is 2.77 bits per heavy atom. The summed E-state index contributed by atoms with van der Waals surface area (Å²) < 4.78 is 0. The van der Waals surface area contributed by atoms with Gasteiger partial charge in [-0.15, -0.1) is 0 Å². The molecule has 0 radical (unpaired) electrons. The highest BCUT2D eigenvalue weighted by molar-refractivity contribution is 6.33. The lowest BCUT2D eigenvalue weighted by Gasteiger charge is -2.33. The number of piperidine rings is 1. The number of pyridine rings is 1. The molecule has 26 heavy (non-hydrogen) atoms. The van der Waals surface area contributed by atoms with Gasteiger partial charge in [-0.2, -0.15) is 0 Å². The van der Waals surface area contributed by atoms with Gasteiger partial charge in [0.25, 0.3) is 11.8 Å². The van der Waals surface area contributed by atoms with Crippen molar-refractivity contribution >= 4 is 29.1 Å². The van der Waals surface area contributed by atoms with Crippen molar-refractivity contribution in [3.05, 3.63) is 58.4 Å². The third-order valence-corrected chi connectivity index (χ3v) is 5.09. The second kappa shape index (κ2) is 7.87. The summed E-state index contributed by atoms with van der Waals surface area (Å²) in [7, 11) is 0. The fraction of sp³-hybridized carbons (Fsp3) is 0.350. The van der Waals surface area contributed by atoms with Crippen molar-refractivity contribution in [2.75, 3.05) is 11.9 Å². The topological polar surface area (TPSA) is 62.3 Å². The molecule has 0 saturated carbocycles. The number of likely N-dealkylation sites (tertiary alicyclic amines) is 1. The largest absolute Gasteiger partial charge is 0.336 e. The number of halogens is 1. The number of nitrogens with one attached hydrogen (secondary N) is 1. The van der Waals surface area contributed by atoms with Crippen molar-refractivity contribution < 1.29 is 9.59 Å². The minimum absolute atomic E-state index is 0.0495. The standard InChI is InChI=1S/C20H22ClN3O2/c1-13-12-15(20(26)24-11-4-3-6-14(24)2)8-9-17(13)23-19(25)16-7-5-10-22-18(16)21/h5,7-10,12,14H,3-4,6,11H2,1-2H3,(H,23,25). The average molecular weight is 372 g/mol. The SMILES string of the molecule is Cc1cc(C(=O)N2CCCCC2C)ccc1NC(=O)c1cccnc1Cl.